The molecule has 2 heterocycles. The number of alkyl halides is 1. The summed E-state index contributed by atoms with van der Waals surface area (Å²) < 4.78 is 5.96. The fraction of sp³-hybridized carbons (Fsp3) is 0.116. The minimum atomic E-state index is -0.813. The summed E-state index contributed by atoms with van der Waals surface area (Å²) in [5.74, 6) is 0.538. The van der Waals surface area contributed by atoms with Gasteiger partial charge in [0.1, 0.15) is 55.8 Å². The molecule has 2 unspecified atom stereocenters. The Kier molecular flexibility index (Phi) is 17.5. The van der Waals surface area contributed by atoms with E-state index in [1.165, 1.54) is 15.7 Å². The molecule has 1 N–H and O–H groups in total. The lowest BCUT2D eigenvalue weighted by Gasteiger charge is -2.15. The van der Waals surface area contributed by atoms with Crippen LogP contribution in [0.2, 0.25) is 20.1 Å². The van der Waals surface area contributed by atoms with Crippen molar-refractivity contribution in [3.63, 3.8) is 0 Å². The minimum absolute atomic E-state index is 0. The maximum Gasteiger partial charge on any atom is 0.209 e. The molecule has 0 radical (unpaired) electrons. The first-order valence-electron chi connectivity index (χ1n) is 16.2. The number of phenolic OH excluding ortho intramolecular Hbond substituents is 1. The number of ether oxygens (including phenoxy) is 1. The molecule has 8 aromatic rings. The van der Waals surface area contributed by atoms with E-state index in [0.717, 1.165) is 27.6 Å². The minimum Gasteiger partial charge on any atom is -0.506 e. The molecule has 0 saturated heterocycles. The van der Waals surface area contributed by atoms with Crippen molar-refractivity contribution in [2.75, 3.05) is 0 Å². The SMILES string of the molecule is C.C.C.N#CC(Br)c1ccc(Cl)cc1.N#CC(Oc1ccc(Cl)cc1-n1nc2ccccc2n1)c1ccc(Cl)cc1.Oc1ccc(Cl)cc1-n1nc2ccccc2n1. The van der Waals surface area contributed by atoms with Crippen LogP contribution < -0.4 is 4.74 Å². The average molecular weight is 920 g/mol. The maximum absolute atomic E-state index is 9.75. The number of aromatic nitrogens is 6. The Morgan fingerprint density at radius 3 is 1.38 bits per heavy atom. The van der Waals surface area contributed by atoms with Gasteiger partial charge < -0.3 is 9.84 Å². The standard InChI is InChI=1S/C20H12Cl2N4O.C12H8ClN3O.C8H5BrClN.3CH4/c21-14-7-5-13(6-8-14)20(12-23)27-19-10-9-15(22)11-18(19)26-24-16-3-1-2-4-17(16)25-26;13-8-5-6-12(17)11(7-8)16-14-9-3-1-2-4-10(9)15-16;9-8(5-11)6-1-3-7(10)4-2-6;;;/h1-11,20H;1-7,17H;1-4,8H;3*1H4. The van der Waals surface area contributed by atoms with Crippen molar-refractivity contribution in [1.29, 1.82) is 10.5 Å². The first-order chi connectivity index (χ1) is 26.6. The highest BCUT2D eigenvalue weighted by molar-refractivity contribution is 9.09. The zero-order chi connectivity index (χ0) is 38.9. The molecule has 2 aromatic heterocycles. The summed E-state index contributed by atoms with van der Waals surface area (Å²) >= 11 is 26.8. The lowest BCUT2D eigenvalue weighted by atomic mass is 10.1. The summed E-state index contributed by atoms with van der Waals surface area (Å²) in [5.41, 5.74) is 5.68. The molecule has 10 nitrogen and oxygen atoms in total. The van der Waals surface area contributed by atoms with Gasteiger partial charge in [0, 0.05) is 25.7 Å². The van der Waals surface area contributed by atoms with E-state index in [1.54, 1.807) is 66.7 Å². The highest BCUT2D eigenvalue weighted by atomic mass is 79.9. The summed E-state index contributed by atoms with van der Waals surface area (Å²) in [6.45, 7) is 0. The van der Waals surface area contributed by atoms with Gasteiger partial charge in [-0.15, -0.1) is 30.0 Å². The third-order valence-corrected chi connectivity index (χ3v) is 9.38. The van der Waals surface area contributed by atoms with Gasteiger partial charge >= 0.3 is 0 Å². The number of benzene rings is 6. The molecule has 15 heteroatoms. The smallest absolute Gasteiger partial charge is 0.209 e. The van der Waals surface area contributed by atoms with Crippen LogP contribution in [0.25, 0.3) is 33.4 Å². The molecule has 0 amide bonds. The molecule has 0 spiro atoms. The lowest BCUT2D eigenvalue weighted by Crippen LogP contribution is -2.09. The predicted octanol–water partition coefficient (Wildman–Crippen LogP) is 13.4. The second-order valence-electron chi connectivity index (χ2n) is 11.4. The topological polar surface area (TPSA) is 138 Å². The van der Waals surface area contributed by atoms with Crippen LogP contribution in [0.15, 0.2) is 133 Å². The van der Waals surface area contributed by atoms with Gasteiger partial charge in [0.05, 0.1) is 6.07 Å². The molecular weight excluding hydrogens is 882 g/mol. The average Bonchev–Trinajstić information content (AvgIpc) is 3.84. The number of rotatable bonds is 6. The Bertz CT molecular complexity index is 2590. The second-order valence-corrected chi connectivity index (χ2v) is 14.1. The molecule has 6 aromatic carbocycles. The van der Waals surface area contributed by atoms with E-state index >= 15 is 0 Å². The van der Waals surface area contributed by atoms with E-state index in [2.05, 4.69) is 48.5 Å². The third kappa shape index (κ3) is 11.7. The Hall–Kier alpha value is -5.66. The molecule has 58 heavy (non-hydrogen) atoms. The van der Waals surface area contributed by atoms with Gasteiger partial charge in [-0.3, -0.25) is 0 Å². The molecule has 0 fully saturated rings. The van der Waals surface area contributed by atoms with E-state index in [0.29, 0.717) is 42.8 Å². The molecule has 296 valence electrons. The van der Waals surface area contributed by atoms with Crippen LogP contribution in [0.3, 0.4) is 0 Å². The molecule has 0 aliphatic carbocycles. The van der Waals surface area contributed by atoms with Crippen molar-refractivity contribution in [3.8, 4) is 35.0 Å². The monoisotopic (exact) mass is 916 g/mol. The fourth-order valence-electron chi connectivity index (χ4n) is 4.98. The van der Waals surface area contributed by atoms with E-state index in [4.69, 9.17) is 56.4 Å². The molecule has 0 bridgehead atoms. The number of hydrogen-bond donors (Lipinski definition) is 1. The van der Waals surface area contributed by atoms with E-state index in [9.17, 15) is 10.4 Å². The summed E-state index contributed by atoms with van der Waals surface area (Å²) in [5, 5.41) is 47.7. The van der Waals surface area contributed by atoms with Crippen molar-refractivity contribution in [3.05, 3.63) is 165 Å². The number of aromatic hydroxyl groups is 1. The van der Waals surface area contributed by atoms with Gasteiger partial charge in [0.15, 0.2) is 0 Å². The number of nitriles is 2. The van der Waals surface area contributed by atoms with Gasteiger partial charge in [-0.2, -0.15) is 10.5 Å². The Morgan fingerprint density at radius 2 is 0.931 bits per heavy atom. The number of fused-ring (bicyclic) bond motifs is 2. The van der Waals surface area contributed by atoms with Crippen molar-refractivity contribution in [2.45, 2.75) is 33.2 Å². The zero-order valence-corrected chi connectivity index (χ0v) is 32.8. The van der Waals surface area contributed by atoms with Crippen LogP contribution in [0, 0.1) is 22.7 Å². The van der Waals surface area contributed by atoms with E-state index < -0.39 is 6.10 Å². The van der Waals surface area contributed by atoms with E-state index in [-0.39, 0.29) is 32.9 Å². The highest BCUT2D eigenvalue weighted by Gasteiger charge is 2.18. The Balaban J connectivity index is 0.000000250. The van der Waals surface area contributed by atoms with Crippen LogP contribution in [-0.2, 0) is 0 Å². The van der Waals surface area contributed by atoms with Crippen molar-refractivity contribution in [2.24, 2.45) is 0 Å². The Labute approximate surface area is 365 Å². The first-order valence-corrected chi connectivity index (χ1v) is 18.6. The molecule has 0 aliphatic heterocycles. The summed E-state index contributed by atoms with van der Waals surface area (Å²) in [6, 6.07) is 43.2. The number of phenols is 1. The zero-order valence-electron chi connectivity index (χ0n) is 28.2. The van der Waals surface area contributed by atoms with Crippen molar-refractivity contribution >= 4 is 84.4 Å². The summed E-state index contributed by atoms with van der Waals surface area (Å²) in [6.07, 6.45) is -0.813. The van der Waals surface area contributed by atoms with Crippen LogP contribution in [-0.4, -0.2) is 35.1 Å². The van der Waals surface area contributed by atoms with Crippen LogP contribution in [0.5, 0.6) is 11.5 Å². The fourth-order valence-corrected chi connectivity index (χ4v) is 5.87. The van der Waals surface area contributed by atoms with Gasteiger partial charge in [0.25, 0.3) is 0 Å². The summed E-state index contributed by atoms with van der Waals surface area (Å²) in [4.78, 5) is 2.60. The van der Waals surface area contributed by atoms with Gasteiger partial charge in [-0.1, -0.05) is 133 Å². The third-order valence-electron chi connectivity index (χ3n) is 7.67. The summed E-state index contributed by atoms with van der Waals surface area (Å²) in [7, 11) is 0. The molecule has 0 aliphatic rings. The number of halogens is 5. The molecule has 0 saturated carbocycles. The van der Waals surface area contributed by atoms with E-state index in [1.807, 2.05) is 60.7 Å². The maximum atomic E-state index is 9.75. The lowest BCUT2D eigenvalue weighted by molar-refractivity contribution is 0.261. The largest absolute Gasteiger partial charge is 0.506 e. The van der Waals surface area contributed by atoms with Crippen LogP contribution in [0.4, 0.5) is 0 Å². The predicted molar refractivity (Wildman–Crippen MR) is 239 cm³/mol. The normalized spacial score (nSPS) is 11.0. The van der Waals surface area contributed by atoms with Crippen LogP contribution >= 0.6 is 62.3 Å². The highest BCUT2D eigenvalue weighted by Crippen LogP contribution is 2.31. The second kappa shape index (κ2) is 21.8. The molecule has 2 atom stereocenters. The number of nitrogens with zero attached hydrogens (tertiary/aromatic N) is 8. The number of hydrogen-bond acceptors (Lipinski definition) is 8. The van der Waals surface area contributed by atoms with Gasteiger partial charge in [-0.05, 0) is 90.5 Å². The van der Waals surface area contributed by atoms with Gasteiger partial charge in [-0.25, -0.2) is 0 Å². The van der Waals surface area contributed by atoms with Crippen LogP contribution in [0.1, 0.15) is 44.3 Å². The molecular formula is C43H37BrCl4N8O2. The van der Waals surface area contributed by atoms with Crippen molar-refractivity contribution in [1.82, 2.24) is 30.0 Å². The quantitative estimate of drug-likeness (QED) is 0.163. The Morgan fingerprint density at radius 1 is 0.534 bits per heavy atom. The first kappa shape index (κ1) is 46.7. The van der Waals surface area contributed by atoms with Gasteiger partial charge in [0.2, 0.25) is 6.10 Å². The molecule has 8 rings (SSSR count). The van der Waals surface area contributed by atoms with Crippen molar-refractivity contribution < 1.29 is 9.84 Å².